The number of carboxylic acids is 1. The second kappa shape index (κ2) is 14.2. The van der Waals surface area contributed by atoms with Gasteiger partial charge in [0.25, 0.3) is 0 Å². The molecule has 0 radical (unpaired) electrons. The lowest BCUT2D eigenvalue weighted by Gasteiger charge is -2.27. The number of tetrazole rings is 1. The second-order valence-electron chi connectivity index (χ2n) is 8.35. The number of benzene rings is 1. The molecule has 1 heterocycles. The fraction of sp³-hybridized carbons (Fsp3) is 0.667. The van der Waals surface area contributed by atoms with Crippen molar-refractivity contribution in [2.24, 2.45) is 0 Å². The van der Waals surface area contributed by atoms with Crippen LogP contribution in [0.15, 0.2) is 24.3 Å². The van der Waals surface area contributed by atoms with Crippen molar-refractivity contribution in [1.29, 1.82) is 0 Å². The molecule has 2 rings (SSSR count). The van der Waals surface area contributed by atoms with Crippen molar-refractivity contribution in [3.63, 3.8) is 0 Å². The number of aliphatic carboxylic acids is 1. The molecule has 1 atom stereocenters. The Bertz CT molecular complexity index is 754. The molecule has 0 fully saturated rings. The van der Waals surface area contributed by atoms with Crippen molar-refractivity contribution < 1.29 is 9.90 Å². The van der Waals surface area contributed by atoms with Gasteiger partial charge in [-0.05, 0) is 30.9 Å². The molecule has 2 aromatic rings. The van der Waals surface area contributed by atoms with Gasteiger partial charge in [-0.1, -0.05) is 94.2 Å². The lowest BCUT2D eigenvalue weighted by atomic mass is 9.91. The van der Waals surface area contributed by atoms with Crippen LogP contribution in [0, 0.1) is 0 Å². The van der Waals surface area contributed by atoms with E-state index < -0.39 is 10.7 Å². The molecule has 0 bridgehead atoms. The first-order valence-corrected chi connectivity index (χ1v) is 12.7. The molecular weight excluding hydrogens is 408 g/mol. The topological polar surface area (TPSA) is 91.8 Å². The predicted octanol–water partition coefficient (Wildman–Crippen LogP) is 5.94. The largest absolute Gasteiger partial charge is 0.480 e. The van der Waals surface area contributed by atoms with Crippen LogP contribution in [0.2, 0.25) is 0 Å². The van der Waals surface area contributed by atoms with Crippen LogP contribution < -0.4 is 0 Å². The minimum atomic E-state index is -0.987. The van der Waals surface area contributed by atoms with Gasteiger partial charge < -0.3 is 5.11 Å². The fourth-order valence-electron chi connectivity index (χ4n) is 3.90. The number of nitrogens with one attached hydrogen (secondary N) is 1. The predicted molar refractivity (Wildman–Crippen MR) is 127 cm³/mol. The van der Waals surface area contributed by atoms with Gasteiger partial charge in [-0.25, -0.2) is 0 Å². The Hall–Kier alpha value is -1.89. The summed E-state index contributed by atoms with van der Waals surface area (Å²) >= 11 is 1.43. The zero-order valence-electron chi connectivity index (χ0n) is 19.1. The number of thioether (sulfide) groups is 1. The van der Waals surface area contributed by atoms with E-state index in [1.807, 2.05) is 25.1 Å². The molecule has 1 aromatic heterocycles. The molecule has 2 N–H and O–H groups in total. The van der Waals surface area contributed by atoms with E-state index in [0.29, 0.717) is 18.0 Å². The van der Waals surface area contributed by atoms with Gasteiger partial charge in [0.05, 0.1) is 0 Å². The molecule has 0 aliphatic heterocycles. The number of carboxylic acid groups (broad SMARTS) is 1. The number of unbranched alkanes of at least 4 members (excludes halogenated alkanes) is 9. The van der Waals surface area contributed by atoms with Gasteiger partial charge in [-0.15, -0.1) is 22.0 Å². The van der Waals surface area contributed by atoms with Crippen LogP contribution in [0.25, 0.3) is 0 Å². The highest BCUT2D eigenvalue weighted by Crippen LogP contribution is 2.39. The molecule has 1 aromatic carbocycles. The van der Waals surface area contributed by atoms with Crippen LogP contribution in [-0.4, -0.2) is 37.5 Å². The standard InChI is InChI=1S/C24H38N4O2S/c1-3-4-5-6-7-8-9-10-11-12-15-20-16-13-14-17-21(20)24(2,23(29)30)31-19-18-22-25-27-28-26-22/h13-14,16-17H,3-12,15,18-19H2,1-2H3,(H,29,30)(H,25,26,27,28). The summed E-state index contributed by atoms with van der Waals surface area (Å²) in [5.41, 5.74) is 2.07. The Kier molecular flexibility index (Phi) is 11.6. The maximum absolute atomic E-state index is 12.2. The van der Waals surface area contributed by atoms with E-state index in [4.69, 9.17) is 0 Å². The third-order valence-corrected chi connectivity index (χ3v) is 7.22. The summed E-state index contributed by atoms with van der Waals surface area (Å²) in [5.74, 6) is 0.426. The zero-order valence-corrected chi connectivity index (χ0v) is 19.9. The lowest BCUT2D eigenvalue weighted by molar-refractivity contribution is -0.139. The van der Waals surface area contributed by atoms with Crippen molar-refractivity contribution in [3.05, 3.63) is 41.2 Å². The highest BCUT2D eigenvalue weighted by molar-refractivity contribution is 8.00. The maximum atomic E-state index is 12.2. The van der Waals surface area contributed by atoms with Crippen LogP contribution in [0.3, 0.4) is 0 Å². The van der Waals surface area contributed by atoms with Crippen LogP contribution >= 0.6 is 11.8 Å². The molecule has 7 heteroatoms. The first-order valence-electron chi connectivity index (χ1n) is 11.8. The SMILES string of the molecule is CCCCCCCCCCCCc1ccccc1C(C)(SCCc1nn[nH]n1)C(=O)O. The van der Waals surface area contributed by atoms with Crippen molar-refractivity contribution in [2.45, 2.75) is 95.6 Å². The summed E-state index contributed by atoms with van der Waals surface area (Å²) in [7, 11) is 0. The number of rotatable bonds is 17. The Morgan fingerprint density at radius 2 is 1.65 bits per heavy atom. The Balaban J connectivity index is 1.82. The summed E-state index contributed by atoms with van der Waals surface area (Å²) < 4.78 is -0.987. The lowest BCUT2D eigenvalue weighted by Crippen LogP contribution is -2.30. The van der Waals surface area contributed by atoms with Crippen LogP contribution in [0.1, 0.15) is 95.0 Å². The average Bonchev–Trinajstić information content (AvgIpc) is 3.28. The van der Waals surface area contributed by atoms with E-state index in [-0.39, 0.29) is 0 Å². The van der Waals surface area contributed by atoms with Crippen LogP contribution in [0.5, 0.6) is 0 Å². The van der Waals surface area contributed by atoms with Gasteiger partial charge in [0.15, 0.2) is 5.82 Å². The first-order chi connectivity index (χ1) is 15.1. The molecule has 172 valence electrons. The normalized spacial score (nSPS) is 13.2. The van der Waals surface area contributed by atoms with Gasteiger partial charge in [0, 0.05) is 12.2 Å². The number of hydrogen-bond acceptors (Lipinski definition) is 5. The number of aromatic amines is 1. The van der Waals surface area contributed by atoms with Crippen molar-refractivity contribution in [3.8, 4) is 0 Å². The van der Waals surface area contributed by atoms with Crippen molar-refractivity contribution in [1.82, 2.24) is 20.6 Å². The molecule has 0 spiro atoms. The molecule has 0 aliphatic carbocycles. The number of H-pyrrole nitrogens is 1. The van der Waals surface area contributed by atoms with Gasteiger partial charge in [-0.2, -0.15) is 5.21 Å². The van der Waals surface area contributed by atoms with Gasteiger partial charge >= 0.3 is 5.97 Å². The molecule has 1 unspecified atom stereocenters. The van der Waals surface area contributed by atoms with Crippen LogP contribution in [-0.2, 0) is 22.4 Å². The zero-order chi connectivity index (χ0) is 22.4. The third kappa shape index (κ3) is 8.63. The second-order valence-corrected chi connectivity index (χ2v) is 9.87. The molecule has 0 amide bonds. The van der Waals surface area contributed by atoms with Crippen LogP contribution in [0.4, 0.5) is 0 Å². The molecular formula is C24H38N4O2S. The molecule has 31 heavy (non-hydrogen) atoms. The minimum absolute atomic E-state index is 0.588. The van der Waals surface area contributed by atoms with E-state index in [2.05, 4.69) is 33.6 Å². The van der Waals surface area contributed by atoms with Gasteiger partial charge in [0.1, 0.15) is 4.75 Å². The molecule has 0 saturated heterocycles. The Morgan fingerprint density at radius 1 is 1.00 bits per heavy atom. The highest BCUT2D eigenvalue weighted by atomic mass is 32.2. The van der Waals surface area contributed by atoms with E-state index in [9.17, 15) is 9.90 Å². The molecule has 0 saturated carbocycles. The summed E-state index contributed by atoms with van der Waals surface area (Å²) in [6.45, 7) is 4.07. The number of aromatic nitrogens is 4. The Morgan fingerprint density at radius 3 is 2.26 bits per heavy atom. The highest BCUT2D eigenvalue weighted by Gasteiger charge is 2.37. The van der Waals surface area contributed by atoms with Crippen molar-refractivity contribution in [2.75, 3.05) is 5.75 Å². The number of hydrogen-bond donors (Lipinski definition) is 2. The quantitative estimate of drug-likeness (QED) is 0.292. The smallest absolute Gasteiger partial charge is 0.324 e. The fourth-order valence-corrected chi connectivity index (χ4v) is 5.07. The van der Waals surface area contributed by atoms with Crippen molar-refractivity contribution >= 4 is 17.7 Å². The number of nitrogens with zero attached hydrogens (tertiary/aromatic N) is 3. The van der Waals surface area contributed by atoms with Gasteiger partial charge in [-0.3, -0.25) is 4.79 Å². The first kappa shape index (κ1) is 25.4. The maximum Gasteiger partial charge on any atom is 0.324 e. The average molecular weight is 447 g/mol. The van der Waals surface area contributed by atoms with Gasteiger partial charge in [0.2, 0.25) is 0 Å². The summed E-state index contributed by atoms with van der Waals surface area (Å²) in [4.78, 5) is 12.2. The number of carbonyl (C=O) groups is 1. The van der Waals surface area contributed by atoms with E-state index in [1.165, 1.54) is 69.5 Å². The summed E-state index contributed by atoms with van der Waals surface area (Å²) in [5, 5.41) is 23.9. The molecule has 0 aliphatic rings. The summed E-state index contributed by atoms with van der Waals surface area (Å²) in [6.07, 6.45) is 14.5. The van der Waals surface area contributed by atoms with E-state index in [0.717, 1.165) is 24.0 Å². The third-order valence-electron chi connectivity index (χ3n) is 5.84. The molecule has 6 nitrogen and oxygen atoms in total. The minimum Gasteiger partial charge on any atom is -0.480 e. The summed E-state index contributed by atoms with van der Waals surface area (Å²) in [6, 6.07) is 8.02. The monoisotopic (exact) mass is 446 g/mol. The van der Waals surface area contributed by atoms with E-state index in [1.54, 1.807) is 0 Å². The number of aryl methyl sites for hydroxylation is 2. The van der Waals surface area contributed by atoms with E-state index >= 15 is 0 Å². The Labute approximate surface area is 191 Å².